The van der Waals surface area contributed by atoms with Crippen LogP contribution in [0.1, 0.15) is 28.5 Å². The standard InChI is InChI=1S/C10H12ClNO2/c1-4-12-7(3)5-6(2)8(9(11)13)10(12)14/h5H,4H2,1-3H3. The second-order valence-corrected chi connectivity index (χ2v) is 3.51. The van der Waals surface area contributed by atoms with Crippen molar-refractivity contribution < 1.29 is 4.79 Å². The Bertz CT molecular complexity index is 434. The zero-order chi connectivity index (χ0) is 10.9. The molecular formula is C10H12ClNO2. The Morgan fingerprint density at radius 3 is 2.50 bits per heavy atom. The molecule has 0 amide bonds. The summed E-state index contributed by atoms with van der Waals surface area (Å²) in [6.45, 7) is 5.94. The number of aromatic nitrogens is 1. The fourth-order valence-corrected chi connectivity index (χ4v) is 1.79. The van der Waals surface area contributed by atoms with Crippen molar-refractivity contribution >= 4 is 16.8 Å². The predicted molar refractivity (Wildman–Crippen MR) is 56.0 cm³/mol. The summed E-state index contributed by atoms with van der Waals surface area (Å²) in [4.78, 5) is 22.8. The fourth-order valence-electron chi connectivity index (χ4n) is 1.56. The first-order valence-corrected chi connectivity index (χ1v) is 4.77. The highest BCUT2D eigenvalue weighted by Crippen LogP contribution is 2.08. The minimum atomic E-state index is -0.685. The Morgan fingerprint density at radius 2 is 2.07 bits per heavy atom. The van der Waals surface area contributed by atoms with Crippen molar-refractivity contribution in [3.8, 4) is 0 Å². The van der Waals surface area contributed by atoms with Crippen molar-refractivity contribution in [2.75, 3.05) is 0 Å². The number of carbonyl (C=O) groups excluding carboxylic acids is 1. The largest absolute Gasteiger partial charge is 0.313 e. The van der Waals surface area contributed by atoms with E-state index in [1.54, 1.807) is 13.0 Å². The second-order valence-electron chi connectivity index (χ2n) is 3.17. The van der Waals surface area contributed by atoms with Gasteiger partial charge in [-0.3, -0.25) is 9.59 Å². The van der Waals surface area contributed by atoms with Crippen LogP contribution < -0.4 is 5.56 Å². The van der Waals surface area contributed by atoms with Gasteiger partial charge in [0.15, 0.2) is 0 Å². The number of hydrogen-bond donors (Lipinski definition) is 0. The molecule has 0 spiro atoms. The molecule has 0 unspecified atom stereocenters. The van der Waals surface area contributed by atoms with Crippen LogP contribution in [0, 0.1) is 13.8 Å². The van der Waals surface area contributed by atoms with Crippen LogP contribution in [0.15, 0.2) is 10.9 Å². The number of nitrogens with zero attached hydrogens (tertiary/aromatic N) is 1. The van der Waals surface area contributed by atoms with E-state index in [4.69, 9.17) is 11.6 Å². The number of pyridine rings is 1. The summed E-state index contributed by atoms with van der Waals surface area (Å²) in [6.07, 6.45) is 0. The average molecular weight is 214 g/mol. The maximum Gasteiger partial charge on any atom is 0.263 e. The van der Waals surface area contributed by atoms with Crippen LogP contribution in [0.25, 0.3) is 0 Å². The average Bonchev–Trinajstić information content (AvgIpc) is 2.02. The van der Waals surface area contributed by atoms with E-state index >= 15 is 0 Å². The van der Waals surface area contributed by atoms with Gasteiger partial charge in [-0.05, 0) is 44.0 Å². The summed E-state index contributed by atoms with van der Waals surface area (Å²) in [5.41, 5.74) is 1.26. The van der Waals surface area contributed by atoms with Crippen LogP contribution in [0.4, 0.5) is 0 Å². The first-order valence-electron chi connectivity index (χ1n) is 4.40. The van der Waals surface area contributed by atoms with Crippen molar-refractivity contribution in [3.63, 3.8) is 0 Å². The number of hydrogen-bond acceptors (Lipinski definition) is 2. The monoisotopic (exact) mass is 213 g/mol. The lowest BCUT2D eigenvalue weighted by Gasteiger charge is -2.10. The van der Waals surface area contributed by atoms with Crippen LogP contribution in [0.5, 0.6) is 0 Å². The molecule has 0 bridgehead atoms. The van der Waals surface area contributed by atoms with Gasteiger partial charge in [0.1, 0.15) is 5.56 Å². The van der Waals surface area contributed by atoms with Gasteiger partial charge in [0.2, 0.25) is 0 Å². The zero-order valence-corrected chi connectivity index (χ0v) is 9.18. The topological polar surface area (TPSA) is 39.1 Å². The number of carbonyl (C=O) groups is 1. The number of rotatable bonds is 2. The molecule has 3 nitrogen and oxygen atoms in total. The minimum Gasteiger partial charge on any atom is -0.313 e. The van der Waals surface area contributed by atoms with E-state index in [1.165, 1.54) is 4.57 Å². The maximum absolute atomic E-state index is 11.7. The Hall–Kier alpha value is -1.09. The predicted octanol–water partition coefficient (Wildman–Crippen LogP) is 1.86. The van der Waals surface area contributed by atoms with Gasteiger partial charge in [0.25, 0.3) is 10.8 Å². The molecule has 0 aliphatic heterocycles. The van der Waals surface area contributed by atoms with Gasteiger partial charge in [0, 0.05) is 12.2 Å². The van der Waals surface area contributed by atoms with E-state index in [-0.39, 0.29) is 11.1 Å². The van der Waals surface area contributed by atoms with Crippen LogP contribution >= 0.6 is 11.6 Å². The van der Waals surface area contributed by atoms with Crippen LogP contribution in [-0.4, -0.2) is 9.81 Å². The van der Waals surface area contributed by atoms with Gasteiger partial charge < -0.3 is 4.57 Å². The molecule has 4 heteroatoms. The van der Waals surface area contributed by atoms with Crippen molar-refractivity contribution in [1.29, 1.82) is 0 Å². The van der Waals surface area contributed by atoms with Crippen LogP contribution in [-0.2, 0) is 6.54 Å². The smallest absolute Gasteiger partial charge is 0.263 e. The summed E-state index contributed by atoms with van der Waals surface area (Å²) in [7, 11) is 0. The molecule has 1 aromatic rings. The van der Waals surface area contributed by atoms with Gasteiger partial charge in [-0.15, -0.1) is 0 Å². The van der Waals surface area contributed by atoms with Crippen molar-refractivity contribution in [1.82, 2.24) is 4.57 Å². The third kappa shape index (κ3) is 1.73. The van der Waals surface area contributed by atoms with Crippen molar-refractivity contribution in [3.05, 3.63) is 33.2 Å². The quantitative estimate of drug-likeness (QED) is 0.704. The molecule has 0 radical (unpaired) electrons. The lowest BCUT2D eigenvalue weighted by Crippen LogP contribution is -2.27. The molecule has 1 rings (SSSR count). The first kappa shape index (κ1) is 11.0. The maximum atomic E-state index is 11.7. The Morgan fingerprint density at radius 1 is 1.50 bits per heavy atom. The lowest BCUT2D eigenvalue weighted by molar-refractivity contribution is 0.107. The molecule has 1 aromatic heterocycles. The summed E-state index contributed by atoms with van der Waals surface area (Å²) in [5.74, 6) is 0. The van der Waals surface area contributed by atoms with Gasteiger partial charge in [-0.2, -0.15) is 0 Å². The van der Waals surface area contributed by atoms with Gasteiger partial charge in [-0.25, -0.2) is 0 Å². The van der Waals surface area contributed by atoms with Gasteiger partial charge in [-0.1, -0.05) is 0 Å². The third-order valence-corrected chi connectivity index (χ3v) is 2.41. The van der Waals surface area contributed by atoms with E-state index in [0.29, 0.717) is 12.1 Å². The number of aryl methyl sites for hydroxylation is 2. The van der Waals surface area contributed by atoms with Crippen molar-refractivity contribution in [2.24, 2.45) is 0 Å². The highest BCUT2D eigenvalue weighted by atomic mass is 35.5. The van der Waals surface area contributed by atoms with E-state index in [2.05, 4.69) is 0 Å². The minimum absolute atomic E-state index is 0.0825. The molecule has 0 aliphatic carbocycles. The highest BCUT2D eigenvalue weighted by Gasteiger charge is 2.14. The third-order valence-electron chi connectivity index (χ3n) is 2.22. The van der Waals surface area contributed by atoms with Crippen molar-refractivity contribution in [2.45, 2.75) is 27.3 Å². The summed E-state index contributed by atoms with van der Waals surface area (Å²) in [5, 5.41) is -0.685. The molecule has 76 valence electrons. The normalized spacial score (nSPS) is 10.3. The summed E-state index contributed by atoms with van der Waals surface area (Å²) in [6, 6.07) is 1.79. The zero-order valence-electron chi connectivity index (χ0n) is 8.43. The molecule has 14 heavy (non-hydrogen) atoms. The van der Waals surface area contributed by atoms with Gasteiger partial charge >= 0.3 is 0 Å². The molecule has 0 saturated heterocycles. The molecule has 1 heterocycles. The first-order chi connectivity index (χ1) is 6.49. The molecule has 0 aliphatic rings. The summed E-state index contributed by atoms with van der Waals surface area (Å²) >= 11 is 5.34. The SMILES string of the molecule is CCn1c(C)cc(C)c(C(=O)Cl)c1=O. The molecule has 0 N–H and O–H groups in total. The van der Waals surface area contributed by atoms with Gasteiger partial charge in [0.05, 0.1) is 0 Å². The summed E-state index contributed by atoms with van der Waals surface area (Å²) < 4.78 is 1.53. The lowest BCUT2D eigenvalue weighted by atomic mass is 10.1. The molecule has 0 atom stereocenters. The Labute approximate surface area is 87.3 Å². The molecule has 0 aromatic carbocycles. The number of halogens is 1. The molecule has 0 saturated carbocycles. The molecular weight excluding hydrogens is 202 g/mol. The highest BCUT2D eigenvalue weighted by molar-refractivity contribution is 6.67. The fraction of sp³-hybridized carbons (Fsp3) is 0.400. The van der Waals surface area contributed by atoms with E-state index in [1.807, 2.05) is 13.8 Å². The molecule has 0 fully saturated rings. The Balaban J connectivity index is 3.61. The van der Waals surface area contributed by atoms with Crippen LogP contribution in [0.3, 0.4) is 0 Å². The Kier molecular flexibility index (Phi) is 3.11. The van der Waals surface area contributed by atoms with E-state index < -0.39 is 5.24 Å². The van der Waals surface area contributed by atoms with E-state index in [9.17, 15) is 9.59 Å². The second kappa shape index (κ2) is 3.96. The van der Waals surface area contributed by atoms with Crippen LogP contribution in [0.2, 0.25) is 0 Å². The van der Waals surface area contributed by atoms with E-state index in [0.717, 1.165) is 5.69 Å².